The molecule has 0 unspecified atom stereocenters. The first-order chi connectivity index (χ1) is 11.3. The summed E-state index contributed by atoms with van der Waals surface area (Å²) in [6.07, 6.45) is 1.23. The van der Waals surface area contributed by atoms with Gasteiger partial charge in [0.05, 0.1) is 21.0 Å². The van der Waals surface area contributed by atoms with Gasteiger partial charge in [0.1, 0.15) is 0 Å². The highest BCUT2D eigenvalue weighted by Crippen LogP contribution is 2.44. The SMILES string of the molecule is Cc1nc2c(c3c1sc1ccc([N+](=O)[O-])cc13)C(=O)CC(C)(C)C2. The molecule has 122 valence electrons. The van der Waals surface area contributed by atoms with E-state index in [2.05, 4.69) is 13.8 Å². The van der Waals surface area contributed by atoms with Crippen molar-refractivity contribution in [3.8, 4) is 0 Å². The minimum Gasteiger partial charge on any atom is -0.294 e. The van der Waals surface area contributed by atoms with Gasteiger partial charge in [0, 0.05) is 39.6 Å². The Hall–Kier alpha value is -2.34. The highest BCUT2D eigenvalue weighted by Gasteiger charge is 2.34. The lowest BCUT2D eigenvalue weighted by atomic mass is 9.74. The zero-order chi connectivity index (χ0) is 17.2. The highest BCUT2D eigenvalue weighted by molar-refractivity contribution is 7.26. The molecule has 2 aromatic heterocycles. The van der Waals surface area contributed by atoms with Crippen LogP contribution in [0, 0.1) is 22.5 Å². The lowest BCUT2D eigenvalue weighted by Crippen LogP contribution is -2.28. The van der Waals surface area contributed by atoms with Gasteiger partial charge in [-0.15, -0.1) is 11.3 Å². The molecule has 0 radical (unpaired) electrons. The van der Waals surface area contributed by atoms with Crippen LogP contribution in [0.3, 0.4) is 0 Å². The van der Waals surface area contributed by atoms with Crippen molar-refractivity contribution in [1.82, 2.24) is 4.98 Å². The van der Waals surface area contributed by atoms with Crippen molar-refractivity contribution < 1.29 is 9.72 Å². The fourth-order valence-corrected chi connectivity index (χ4v) is 4.76. The summed E-state index contributed by atoms with van der Waals surface area (Å²) in [6.45, 7) is 6.09. The number of carbonyl (C=O) groups excluding carboxylic acids is 1. The van der Waals surface area contributed by atoms with Crippen LogP contribution < -0.4 is 0 Å². The van der Waals surface area contributed by atoms with E-state index in [0.29, 0.717) is 12.0 Å². The molecule has 0 N–H and O–H groups in total. The molecule has 6 heteroatoms. The molecular weight excluding hydrogens is 324 g/mol. The monoisotopic (exact) mass is 340 g/mol. The Morgan fingerprint density at radius 1 is 1.29 bits per heavy atom. The van der Waals surface area contributed by atoms with Crippen LogP contribution in [-0.2, 0) is 6.42 Å². The standard InChI is InChI=1S/C18H16N2O3S/c1-9-17-15(11-6-10(20(22)23)4-5-14(11)24-17)16-12(19-9)7-18(2,3)8-13(16)21/h4-6H,7-8H2,1-3H3. The molecule has 1 aliphatic rings. The second-order valence-corrected chi connectivity index (χ2v) is 8.26. The topological polar surface area (TPSA) is 73.1 Å². The molecule has 24 heavy (non-hydrogen) atoms. The molecule has 0 spiro atoms. The lowest BCUT2D eigenvalue weighted by Gasteiger charge is -2.30. The molecule has 0 bridgehead atoms. The van der Waals surface area contributed by atoms with Crippen LogP contribution in [0.4, 0.5) is 5.69 Å². The predicted molar refractivity (Wildman–Crippen MR) is 94.9 cm³/mol. The van der Waals surface area contributed by atoms with Gasteiger partial charge in [0.2, 0.25) is 0 Å². The zero-order valence-electron chi connectivity index (χ0n) is 13.7. The van der Waals surface area contributed by atoms with Crippen molar-refractivity contribution in [1.29, 1.82) is 0 Å². The third-order valence-corrected chi connectivity index (χ3v) is 5.90. The number of nitro groups is 1. The quantitative estimate of drug-likeness (QED) is 0.470. The molecule has 0 aliphatic heterocycles. The fraction of sp³-hybridized carbons (Fsp3) is 0.333. The van der Waals surface area contributed by atoms with Crippen LogP contribution in [0.5, 0.6) is 0 Å². The largest absolute Gasteiger partial charge is 0.294 e. The van der Waals surface area contributed by atoms with E-state index < -0.39 is 4.92 Å². The van der Waals surface area contributed by atoms with E-state index in [1.165, 1.54) is 6.07 Å². The Kier molecular flexibility index (Phi) is 3.06. The van der Waals surface area contributed by atoms with Crippen molar-refractivity contribution >= 4 is 43.0 Å². The van der Waals surface area contributed by atoms with E-state index in [4.69, 9.17) is 4.98 Å². The molecule has 3 aromatic rings. The minimum absolute atomic E-state index is 0.0500. The van der Waals surface area contributed by atoms with Crippen molar-refractivity contribution in [3.05, 3.63) is 45.3 Å². The molecule has 5 nitrogen and oxygen atoms in total. The van der Waals surface area contributed by atoms with Crippen molar-refractivity contribution in [2.24, 2.45) is 5.41 Å². The Morgan fingerprint density at radius 2 is 2.04 bits per heavy atom. The number of nitro benzene ring substituents is 1. The number of rotatable bonds is 1. The number of thiophene rings is 1. The van der Waals surface area contributed by atoms with Crippen LogP contribution >= 0.6 is 11.3 Å². The predicted octanol–water partition coefficient (Wildman–Crippen LogP) is 4.82. The summed E-state index contributed by atoms with van der Waals surface area (Å²) < 4.78 is 1.91. The number of non-ortho nitro benzene ring substituents is 1. The molecule has 0 atom stereocenters. The third-order valence-electron chi connectivity index (χ3n) is 4.62. The lowest BCUT2D eigenvalue weighted by molar-refractivity contribution is -0.384. The van der Waals surface area contributed by atoms with E-state index in [9.17, 15) is 14.9 Å². The summed E-state index contributed by atoms with van der Waals surface area (Å²) in [5, 5.41) is 12.8. The number of Topliss-reactive ketones (excluding diaryl/α,β-unsaturated/α-hetero) is 1. The number of ketones is 1. The maximum absolute atomic E-state index is 12.8. The van der Waals surface area contributed by atoms with E-state index in [1.807, 2.05) is 6.92 Å². The Morgan fingerprint density at radius 3 is 2.75 bits per heavy atom. The normalized spacial score (nSPS) is 16.5. The molecular formula is C18H16N2O3S. The minimum atomic E-state index is -0.394. The van der Waals surface area contributed by atoms with Crippen LogP contribution in [0.1, 0.15) is 42.0 Å². The van der Waals surface area contributed by atoms with Crippen LogP contribution in [0.25, 0.3) is 20.2 Å². The molecule has 0 amide bonds. The number of hydrogen-bond acceptors (Lipinski definition) is 5. The average molecular weight is 340 g/mol. The first-order valence-corrected chi connectivity index (χ1v) is 8.62. The number of pyridine rings is 1. The van der Waals surface area contributed by atoms with Gasteiger partial charge < -0.3 is 0 Å². The number of hydrogen-bond donors (Lipinski definition) is 0. The van der Waals surface area contributed by atoms with Crippen molar-refractivity contribution in [2.75, 3.05) is 0 Å². The maximum Gasteiger partial charge on any atom is 0.270 e. The third kappa shape index (κ3) is 2.13. The van der Waals surface area contributed by atoms with Crippen LogP contribution in [0.15, 0.2) is 18.2 Å². The Balaban J connectivity index is 2.15. The van der Waals surface area contributed by atoms with Gasteiger partial charge in [0.25, 0.3) is 5.69 Å². The average Bonchev–Trinajstić information content (AvgIpc) is 2.84. The van der Waals surface area contributed by atoms with Gasteiger partial charge in [-0.25, -0.2) is 0 Å². The number of carbonyl (C=O) groups is 1. The van der Waals surface area contributed by atoms with Crippen molar-refractivity contribution in [2.45, 2.75) is 33.6 Å². The Labute approximate surface area is 142 Å². The first kappa shape index (κ1) is 15.2. The summed E-state index contributed by atoms with van der Waals surface area (Å²) in [4.78, 5) is 28.3. The summed E-state index contributed by atoms with van der Waals surface area (Å²) in [5.41, 5.74) is 2.33. The van der Waals surface area contributed by atoms with E-state index in [-0.39, 0.29) is 16.9 Å². The van der Waals surface area contributed by atoms with E-state index in [1.54, 1.807) is 23.5 Å². The number of aryl methyl sites for hydroxylation is 1. The van der Waals surface area contributed by atoms with Gasteiger partial charge in [-0.3, -0.25) is 19.9 Å². The zero-order valence-corrected chi connectivity index (χ0v) is 14.5. The molecule has 1 aliphatic carbocycles. The molecule has 0 saturated carbocycles. The maximum atomic E-state index is 12.8. The second kappa shape index (κ2) is 4.83. The highest BCUT2D eigenvalue weighted by atomic mass is 32.1. The first-order valence-electron chi connectivity index (χ1n) is 7.80. The summed E-state index contributed by atoms with van der Waals surface area (Å²) in [7, 11) is 0. The molecule has 1 aromatic carbocycles. The van der Waals surface area contributed by atoms with Gasteiger partial charge in [-0.1, -0.05) is 13.8 Å². The number of fused-ring (bicyclic) bond motifs is 5. The van der Waals surface area contributed by atoms with Crippen LogP contribution in [-0.4, -0.2) is 15.7 Å². The molecule has 0 fully saturated rings. The van der Waals surface area contributed by atoms with E-state index >= 15 is 0 Å². The number of benzene rings is 1. The van der Waals surface area contributed by atoms with Crippen molar-refractivity contribution in [3.63, 3.8) is 0 Å². The molecule has 0 saturated heterocycles. The number of aromatic nitrogens is 1. The van der Waals surface area contributed by atoms with Gasteiger partial charge in [0.15, 0.2) is 5.78 Å². The fourth-order valence-electron chi connectivity index (χ4n) is 3.62. The molecule has 4 rings (SSSR count). The summed E-state index contributed by atoms with van der Waals surface area (Å²) in [5.74, 6) is 0.0879. The van der Waals surface area contributed by atoms with E-state index in [0.717, 1.165) is 38.0 Å². The summed E-state index contributed by atoms with van der Waals surface area (Å²) in [6, 6.07) is 4.86. The van der Waals surface area contributed by atoms with Gasteiger partial charge in [-0.05, 0) is 24.8 Å². The summed E-state index contributed by atoms with van der Waals surface area (Å²) >= 11 is 1.55. The second-order valence-electron chi connectivity index (χ2n) is 7.20. The van der Waals surface area contributed by atoms with Gasteiger partial charge in [-0.2, -0.15) is 0 Å². The van der Waals surface area contributed by atoms with Crippen LogP contribution in [0.2, 0.25) is 0 Å². The van der Waals surface area contributed by atoms with Gasteiger partial charge >= 0.3 is 0 Å². The Bertz CT molecular complexity index is 1050. The number of nitrogens with zero attached hydrogens (tertiary/aromatic N) is 2. The molecule has 2 heterocycles. The smallest absolute Gasteiger partial charge is 0.270 e.